The monoisotopic (exact) mass is 386 g/mol. The predicted octanol–water partition coefficient (Wildman–Crippen LogP) is 4.18. The van der Waals surface area contributed by atoms with E-state index in [2.05, 4.69) is 16.2 Å². The molecule has 1 aromatic carbocycles. The number of hydrogen-bond acceptors (Lipinski definition) is 5. The van der Waals surface area contributed by atoms with Gasteiger partial charge in [-0.25, -0.2) is 9.67 Å². The van der Waals surface area contributed by atoms with Gasteiger partial charge in [-0.15, -0.1) is 0 Å². The standard InChI is InChI=1S/C23H22N4O2/c1-16(2)12-23(29)21-5-3-4-20(26-21)22(28)11-8-18-14-25-27(15-18)19-9-6-17(13-24)7-10-19/h3-7,9-10,14-16H,8,11-12H2,1-2H3. The van der Waals surface area contributed by atoms with Crippen LogP contribution in [-0.2, 0) is 6.42 Å². The molecular formula is C23H22N4O2. The van der Waals surface area contributed by atoms with Crippen LogP contribution in [0.15, 0.2) is 54.9 Å². The van der Waals surface area contributed by atoms with Gasteiger partial charge >= 0.3 is 0 Å². The fourth-order valence-corrected chi connectivity index (χ4v) is 2.93. The van der Waals surface area contributed by atoms with E-state index < -0.39 is 0 Å². The summed E-state index contributed by atoms with van der Waals surface area (Å²) in [5.41, 5.74) is 3.03. The number of carbonyl (C=O) groups excluding carboxylic acids is 2. The minimum Gasteiger partial charge on any atom is -0.292 e. The normalized spacial score (nSPS) is 10.7. The highest BCUT2D eigenvalue weighted by Gasteiger charge is 2.14. The largest absolute Gasteiger partial charge is 0.292 e. The second kappa shape index (κ2) is 9.07. The van der Waals surface area contributed by atoms with Crippen molar-refractivity contribution in [2.75, 3.05) is 0 Å². The first kappa shape index (κ1) is 20.2. The minimum atomic E-state index is -0.102. The molecule has 0 aliphatic heterocycles. The fourth-order valence-electron chi connectivity index (χ4n) is 2.93. The maximum absolute atomic E-state index is 12.5. The van der Waals surface area contributed by atoms with Gasteiger partial charge in [-0.2, -0.15) is 10.4 Å². The molecule has 0 atom stereocenters. The average molecular weight is 386 g/mol. The Hall–Kier alpha value is -3.59. The number of nitrogens with zero attached hydrogens (tertiary/aromatic N) is 4. The van der Waals surface area contributed by atoms with Crippen molar-refractivity contribution in [2.24, 2.45) is 5.92 Å². The maximum atomic E-state index is 12.5. The van der Waals surface area contributed by atoms with E-state index in [1.165, 1.54) is 0 Å². The topological polar surface area (TPSA) is 88.6 Å². The highest BCUT2D eigenvalue weighted by atomic mass is 16.1. The average Bonchev–Trinajstić information content (AvgIpc) is 3.20. The first-order chi connectivity index (χ1) is 14.0. The summed E-state index contributed by atoms with van der Waals surface area (Å²) in [7, 11) is 0. The molecule has 0 unspecified atom stereocenters. The van der Waals surface area contributed by atoms with Gasteiger partial charge in [0.2, 0.25) is 0 Å². The summed E-state index contributed by atoms with van der Waals surface area (Å²) in [6, 6.07) is 14.2. The molecule has 0 saturated heterocycles. The van der Waals surface area contributed by atoms with Crippen molar-refractivity contribution in [3.05, 3.63) is 77.4 Å². The van der Waals surface area contributed by atoms with E-state index in [4.69, 9.17) is 5.26 Å². The number of aromatic nitrogens is 3. The molecule has 0 amide bonds. The lowest BCUT2D eigenvalue weighted by Gasteiger charge is -2.05. The Balaban J connectivity index is 1.63. The zero-order chi connectivity index (χ0) is 20.8. The Morgan fingerprint density at radius 2 is 1.76 bits per heavy atom. The van der Waals surface area contributed by atoms with Gasteiger partial charge in [0.25, 0.3) is 0 Å². The first-order valence-electron chi connectivity index (χ1n) is 9.54. The molecule has 0 N–H and O–H groups in total. The van der Waals surface area contributed by atoms with Crippen molar-refractivity contribution < 1.29 is 9.59 Å². The van der Waals surface area contributed by atoms with Gasteiger partial charge in [-0.3, -0.25) is 9.59 Å². The fraction of sp³-hybridized carbons (Fsp3) is 0.261. The molecule has 0 saturated carbocycles. The lowest BCUT2D eigenvalue weighted by atomic mass is 10.0. The summed E-state index contributed by atoms with van der Waals surface area (Å²) < 4.78 is 1.71. The summed E-state index contributed by atoms with van der Waals surface area (Å²) >= 11 is 0. The molecule has 6 heteroatoms. The Morgan fingerprint density at radius 3 is 2.41 bits per heavy atom. The molecule has 2 aromatic heterocycles. The molecule has 0 radical (unpaired) electrons. The molecule has 0 aliphatic carbocycles. The van der Waals surface area contributed by atoms with Gasteiger partial charge in [0, 0.05) is 19.0 Å². The number of carbonyl (C=O) groups is 2. The molecule has 6 nitrogen and oxygen atoms in total. The van der Waals surface area contributed by atoms with Gasteiger partial charge in [-0.1, -0.05) is 19.9 Å². The van der Waals surface area contributed by atoms with E-state index in [1.54, 1.807) is 41.2 Å². The lowest BCUT2D eigenvalue weighted by molar-refractivity contribution is 0.0962. The molecular weight excluding hydrogens is 364 g/mol. The number of nitriles is 1. The Kier molecular flexibility index (Phi) is 6.30. The van der Waals surface area contributed by atoms with Crippen LogP contribution >= 0.6 is 0 Å². The second-order valence-electron chi connectivity index (χ2n) is 7.30. The molecule has 3 aromatic rings. The molecule has 146 valence electrons. The number of rotatable bonds is 8. The predicted molar refractivity (Wildman–Crippen MR) is 109 cm³/mol. The van der Waals surface area contributed by atoms with E-state index in [-0.39, 0.29) is 23.9 Å². The molecule has 0 fully saturated rings. The summed E-state index contributed by atoms with van der Waals surface area (Å²) in [4.78, 5) is 29.0. The molecule has 2 heterocycles. The van der Waals surface area contributed by atoms with Crippen LogP contribution < -0.4 is 0 Å². The first-order valence-corrected chi connectivity index (χ1v) is 9.54. The third-order valence-corrected chi connectivity index (χ3v) is 4.45. The van der Waals surface area contributed by atoms with E-state index in [9.17, 15) is 9.59 Å². The third-order valence-electron chi connectivity index (χ3n) is 4.45. The van der Waals surface area contributed by atoms with Crippen LogP contribution in [0.2, 0.25) is 0 Å². The third kappa shape index (κ3) is 5.23. The number of pyridine rings is 1. The van der Waals surface area contributed by atoms with Crippen LogP contribution in [0.1, 0.15) is 58.8 Å². The molecule has 29 heavy (non-hydrogen) atoms. The quantitative estimate of drug-likeness (QED) is 0.542. The molecule has 0 aliphatic rings. The van der Waals surface area contributed by atoms with Crippen LogP contribution in [0.5, 0.6) is 0 Å². The molecule has 0 spiro atoms. The van der Waals surface area contributed by atoms with Crippen LogP contribution in [-0.4, -0.2) is 26.3 Å². The number of hydrogen-bond donors (Lipinski definition) is 0. The van der Waals surface area contributed by atoms with E-state index in [0.29, 0.717) is 29.8 Å². The minimum absolute atomic E-state index is 0.0432. The van der Waals surface area contributed by atoms with Crippen LogP contribution in [0.4, 0.5) is 0 Å². The molecule has 0 bridgehead atoms. The van der Waals surface area contributed by atoms with E-state index in [0.717, 1.165) is 11.3 Å². The van der Waals surface area contributed by atoms with Crippen molar-refractivity contribution in [3.8, 4) is 11.8 Å². The van der Waals surface area contributed by atoms with Gasteiger partial charge < -0.3 is 0 Å². The summed E-state index contributed by atoms with van der Waals surface area (Å²) in [5.74, 6) is 0.102. The summed E-state index contributed by atoms with van der Waals surface area (Å²) in [5, 5.41) is 13.2. The number of aryl methyl sites for hydroxylation is 1. The number of Topliss-reactive ketones (excluding diaryl/α,β-unsaturated/α-hetero) is 2. The smallest absolute Gasteiger partial charge is 0.181 e. The number of benzene rings is 1. The van der Waals surface area contributed by atoms with Crippen molar-refractivity contribution >= 4 is 11.6 Å². The van der Waals surface area contributed by atoms with Crippen LogP contribution in [0, 0.1) is 17.2 Å². The van der Waals surface area contributed by atoms with Gasteiger partial charge in [0.15, 0.2) is 11.6 Å². The SMILES string of the molecule is CC(C)CC(=O)c1cccc(C(=O)CCc2cnn(-c3ccc(C#N)cc3)c2)n1. The van der Waals surface area contributed by atoms with Gasteiger partial charge in [-0.05, 0) is 54.3 Å². The zero-order valence-corrected chi connectivity index (χ0v) is 16.5. The van der Waals surface area contributed by atoms with Crippen molar-refractivity contribution in [1.82, 2.24) is 14.8 Å². The van der Waals surface area contributed by atoms with Gasteiger partial charge in [0.05, 0.1) is 23.5 Å². The second-order valence-corrected chi connectivity index (χ2v) is 7.30. The van der Waals surface area contributed by atoms with Crippen molar-refractivity contribution in [3.63, 3.8) is 0 Å². The summed E-state index contributed by atoms with van der Waals surface area (Å²) in [6.45, 7) is 3.95. The highest BCUT2D eigenvalue weighted by molar-refractivity contribution is 5.98. The van der Waals surface area contributed by atoms with E-state index >= 15 is 0 Å². The maximum Gasteiger partial charge on any atom is 0.181 e. The zero-order valence-electron chi connectivity index (χ0n) is 16.5. The Labute approximate surface area is 169 Å². The van der Waals surface area contributed by atoms with Crippen LogP contribution in [0.3, 0.4) is 0 Å². The Morgan fingerprint density at radius 1 is 1.07 bits per heavy atom. The van der Waals surface area contributed by atoms with Crippen molar-refractivity contribution in [2.45, 2.75) is 33.1 Å². The van der Waals surface area contributed by atoms with Crippen LogP contribution in [0.25, 0.3) is 5.69 Å². The number of ketones is 2. The molecule has 3 rings (SSSR count). The van der Waals surface area contributed by atoms with E-state index in [1.807, 2.05) is 32.2 Å². The highest BCUT2D eigenvalue weighted by Crippen LogP contribution is 2.13. The van der Waals surface area contributed by atoms with Crippen molar-refractivity contribution in [1.29, 1.82) is 5.26 Å². The lowest BCUT2D eigenvalue weighted by Crippen LogP contribution is -2.10. The Bertz CT molecular complexity index is 1060. The van der Waals surface area contributed by atoms with Gasteiger partial charge in [0.1, 0.15) is 11.4 Å². The summed E-state index contributed by atoms with van der Waals surface area (Å²) in [6.07, 6.45) is 4.82.